The van der Waals surface area contributed by atoms with Crippen molar-refractivity contribution in [3.8, 4) is 0 Å². The van der Waals surface area contributed by atoms with Crippen LogP contribution < -0.4 is 5.32 Å². The highest BCUT2D eigenvalue weighted by atomic mass is 32.1. The van der Waals surface area contributed by atoms with E-state index in [-0.39, 0.29) is 12.0 Å². The molecule has 0 radical (unpaired) electrons. The normalized spacial score (nSPS) is 13.1. The minimum absolute atomic E-state index is 0.0436. The summed E-state index contributed by atoms with van der Waals surface area (Å²) in [5.74, 6) is 0.215. The van der Waals surface area contributed by atoms with Crippen LogP contribution in [0.4, 0.5) is 0 Å². The maximum Gasteiger partial charge on any atom is 0.249 e. The van der Waals surface area contributed by atoms with Crippen molar-refractivity contribution in [2.45, 2.75) is 59.3 Å². The van der Waals surface area contributed by atoms with E-state index < -0.39 is 6.10 Å². The number of hydrogen-bond acceptors (Lipinski definition) is 5. The molecule has 6 heteroatoms. The highest BCUT2D eigenvalue weighted by molar-refractivity contribution is 7.05. The molecule has 0 fully saturated rings. The van der Waals surface area contributed by atoms with Crippen molar-refractivity contribution in [2.75, 3.05) is 0 Å². The van der Waals surface area contributed by atoms with Crippen LogP contribution in [0.15, 0.2) is 0 Å². The molecule has 1 aromatic rings. The number of aromatic nitrogens is 2. The molecule has 0 aromatic carbocycles. The average molecular weight is 271 g/mol. The molecule has 0 unspecified atom stereocenters. The number of nitrogens with one attached hydrogen (secondary N) is 1. The van der Waals surface area contributed by atoms with Gasteiger partial charge in [0.05, 0.1) is 23.2 Å². The van der Waals surface area contributed by atoms with Crippen molar-refractivity contribution in [1.29, 1.82) is 0 Å². The SMILES string of the molecule is CC(C)O[C@@H](C)C(=O)NCc1snnc1C(C)C. The van der Waals surface area contributed by atoms with Crippen LogP contribution in [-0.4, -0.2) is 27.7 Å². The Morgan fingerprint density at radius 2 is 2.00 bits per heavy atom. The molecule has 0 aliphatic carbocycles. The lowest BCUT2D eigenvalue weighted by Crippen LogP contribution is -2.35. The van der Waals surface area contributed by atoms with Gasteiger partial charge in [-0.2, -0.15) is 0 Å². The first-order chi connectivity index (χ1) is 8.41. The molecule has 0 aliphatic rings. The van der Waals surface area contributed by atoms with Crippen molar-refractivity contribution in [1.82, 2.24) is 14.9 Å². The summed E-state index contributed by atoms with van der Waals surface area (Å²) in [6.07, 6.45) is -0.393. The highest BCUT2D eigenvalue weighted by Gasteiger charge is 2.17. The van der Waals surface area contributed by atoms with Gasteiger partial charge in [0.25, 0.3) is 0 Å². The molecule has 18 heavy (non-hydrogen) atoms. The zero-order valence-electron chi connectivity index (χ0n) is 11.6. The summed E-state index contributed by atoms with van der Waals surface area (Å²) in [5, 5.41) is 6.92. The molecule has 0 saturated carbocycles. The van der Waals surface area contributed by atoms with E-state index in [4.69, 9.17) is 4.74 Å². The van der Waals surface area contributed by atoms with Gasteiger partial charge in [-0.05, 0) is 38.2 Å². The summed E-state index contributed by atoms with van der Waals surface area (Å²) in [5.41, 5.74) is 0.956. The van der Waals surface area contributed by atoms with E-state index in [2.05, 4.69) is 28.8 Å². The fourth-order valence-corrected chi connectivity index (χ4v) is 2.29. The van der Waals surface area contributed by atoms with Gasteiger partial charge >= 0.3 is 0 Å². The van der Waals surface area contributed by atoms with Crippen LogP contribution in [0.3, 0.4) is 0 Å². The molecule has 0 saturated heterocycles. The van der Waals surface area contributed by atoms with Gasteiger partial charge in [-0.1, -0.05) is 18.3 Å². The Balaban J connectivity index is 2.49. The second-order valence-corrected chi connectivity index (χ2v) is 5.62. The van der Waals surface area contributed by atoms with Crippen LogP contribution in [-0.2, 0) is 16.1 Å². The second-order valence-electron chi connectivity index (χ2n) is 4.78. The minimum atomic E-state index is -0.437. The summed E-state index contributed by atoms with van der Waals surface area (Å²) >= 11 is 1.33. The molecule has 1 atom stereocenters. The van der Waals surface area contributed by atoms with Crippen LogP contribution in [0, 0.1) is 0 Å². The maximum absolute atomic E-state index is 11.8. The third-order valence-electron chi connectivity index (χ3n) is 2.40. The van der Waals surface area contributed by atoms with E-state index in [1.807, 2.05) is 13.8 Å². The summed E-state index contributed by atoms with van der Waals surface area (Å²) in [7, 11) is 0. The topological polar surface area (TPSA) is 64.1 Å². The molecule has 0 bridgehead atoms. The number of carbonyl (C=O) groups excluding carboxylic acids is 1. The van der Waals surface area contributed by atoms with Gasteiger partial charge in [-0.3, -0.25) is 4.79 Å². The molecule has 1 aromatic heterocycles. The molecule has 1 amide bonds. The summed E-state index contributed by atoms with van der Waals surface area (Å²) in [4.78, 5) is 12.8. The number of rotatable bonds is 6. The first-order valence-corrected chi connectivity index (χ1v) is 6.93. The minimum Gasteiger partial charge on any atom is -0.366 e. The number of ether oxygens (including phenoxy) is 1. The number of nitrogens with zero attached hydrogens (tertiary/aromatic N) is 2. The van der Waals surface area contributed by atoms with Gasteiger partial charge in [0.2, 0.25) is 5.91 Å². The van der Waals surface area contributed by atoms with Crippen molar-refractivity contribution >= 4 is 17.4 Å². The highest BCUT2D eigenvalue weighted by Crippen LogP contribution is 2.19. The molecular weight excluding hydrogens is 250 g/mol. The Labute approximate surface area is 112 Å². The second kappa shape index (κ2) is 6.80. The Kier molecular flexibility index (Phi) is 5.68. The molecule has 0 spiro atoms. The van der Waals surface area contributed by atoms with E-state index in [9.17, 15) is 4.79 Å². The van der Waals surface area contributed by atoms with Gasteiger partial charge in [-0.15, -0.1) is 5.10 Å². The lowest BCUT2D eigenvalue weighted by molar-refractivity contribution is -0.134. The largest absolute Gasteiger partial charge is 0.366 e. The van der Waals surface area contributed by atoms with Crippen LogP contribution in [0.25, 0.3) is 0 Å². The van der Waals surface area contributed by atoms with E-state index in [1.165, 1.54) is 11.5 Å². The van der Waals surface area contributed by atoms with E-state index >= 15 is 0 Å². The van der Waals surface area contributed by atoms with Gasteiger partial charge in [-0.25, -0.2) is 0 Å². The van der Waals surface area contributed by atoms with Gasteiger partial charge < -0.3 is 10.1 Å². The predicted octanol–water partition coefficient (Wildman–Crippen LogP) is 2.09. The molecule has 1 rings (SSSR count). The Morgan fingerprint density at radius 3 is 2.56 bits per heavy atom. The third kappa shape index (κ3) is 4.34. The van der Waals surface area contributed by atoms with E-state index in [1.54, 1.807) is 6.92 Å². The first-order valence-electron chi connectivity index (χ1n) is 6.16. The zero-order chi connectivity index (χ0) is 13.7. The van der Waals surface area contributed by atoms with Crippen molar-refractivity contribution < 1.29 is 9.53 Å². The van der Waals surface area contributed by atoms with Crippen LogP contribution >= 0.6 is 11.5 Å². The summed E-state index contributed by atoms with van der Waals surface area (Å²) < 4.78 is 9.34. The van der Waals surface area contributed by atoms with Gasteiger partial charge in [0.1, 0.15) is 6.10 Å². The fraction of sp³-hybridized carbons (Fsp3) is 0.750. The predicted molar refractivity (Wildman–Crippen MR) is 71.5 cm³/mol. The van der Waals surface area contributed by atoms with Crippen LogP contribution in [0.1, 0.15) is 51.1 Å². The van der Waals surface area contributed by atoms with Crippen molar-refractivity contribution in [3.63, 3.8) is 0 Å². The fourth-order valence-electron chi connectivity index (χ4n) is 1.56. The number of carbonyl (C=O) groups is 1. The number of hydrogen-bond donors (Lipinski definition) is 1. The monoisotopic (exact) mass is 271 g/mol. The average Bonchev–Trinajstić information content (AvgIpc) is 2.72. The Bertz CT molecular complexity index is 390. The third-order valence-corrected chi connectivity index (χ3v) is 3.14. The quantitative estimate of drug-likeness (QED) is 0.860. The molecule has 1 heterocycles. The number of amides is 1. The first kappa shape index (κ1) is 15.0. The van der Waals surface area contributed by atoms with Crippen molar-refractivity contribution in [2.24, 2.45) is 0 Å². The Morgan fingerprint density at radius 1 is 1.33 bits per heavy atom. The molecule has 5 nitrogen and oxygen atoms in total. The van der Waals surface area contributed by atoms with Crippen molar-refractivity contribution in [3.05, 3.63) is 10.6 Å². The van der Waals surface area contributed by atoms with Gasteiger partial charge in [0.15, 0.2) is 0 Å². The maximum atomic E-state index is 11.8. The summed E-state index contributed by atoms with van der Waals surface area (Å²) in [6, 6.07) is 0. The van der Waals surface area contributed by atoms with Gasteiger partial charge in [0, 0.05) is 0 Å². The lowest BCUT2D eigenvalue weighted by Gasteiger charge is -2.15. The standard InChI is InChI=1S/C12H21N3O2S/c1-7(2)11-10(18-15-14-11)6-13-12(16)9(5)17-8(3)4/h7-9H,6H2,1-5H3,(H,13,16)/t9-/m0/s1. The van der Waals surface area contributed by atoms with E-state index in [0.29, 0.717) is 12.5 Å². The van der Waals surface area contributed by atoms with E-state index in [0.717, 1.165) is 10.6 Å². The summed E-state index contributed by atoms with van der Waals surface area (Å²) in [6.45, 7) is 10.2. The zero-order valence-corrected chi connectivity index (χ0v) is 12.4. The smallest absolute Gasteiger partial charge is 0.249 e. The lowest BCUT2D eigenvalue weighted by atomic mass is 10.1. The molecule has 1 N–H and O–H groups in total. The molecule has 0 aliphatic heterocycles. The molecule has 102 valence electrons. The molecular formula is C12H21N3O2S. The Hall–Kier alpha value is -1.01. The van der Waals surface area contributed by atoms with Crippen LogP contribution in [0.5, 0.6) is 0 Å². The van der Waals surface area contributed by atoms with Crippen LogP contribution in [0.2, 0.25) is 0 Å².